The minimum Gasteiger partial charge on any atom is -0.548 e. The van der Waals surface area contributed by atoms with Crippen LogP contribution in [0.2, 0.25) is 0 Å². The minimum absolute atomic E-state index is 0.524. The quantitative estimate of drug-likeness (QED) is 0.747. The fourth-order valence-electron chi connectivity index (χ4n) is 1.20. The molecule has 1 atom stereocenters. The summed E-state index contributed by atoms with van der Waals surface area (Å²) in [6, 6.07) is 6.63. The molecule has 0 aliphatic carbocycles. The summed E-state index contributed by atoms with van der Waals surface area (Å²) in [5.41, 5.74) is 2.40. The van der Waals surface area contributed by atoms with Crippen LogP contribution in [0.1, 0.15) is 12.5 Å². The van der Waals surface area contributed by atoms with Crippen LogP contribution in [0, 0.1) is 6.92 Å². The van der Waals surface area contributed by atoms with E-state index >= 15 is 0 Å². The fourth-order valence-corrected chi connectivity index (χ4v) is 1.20. The Morgan fingerprint density at radius 1 is 1.40 bits per heavy atom. The van der Waals surface area contributed by atoms with E-state index in [1.165, 1.54) is 0 Å². The molecule has 1 unspecified atom stereocenters. The van der Waals surface area contributed by atoms with E-state index in [9.17, 15) is 9.90 Å². The Morgan fingerprint density at radius 2 is 1.93 bits per heavy atom. The number of carboxylic acid groups (broad SMARTS) is 1. The number of anilines is 1. The van der Waals surface area contributed by atoms with Gasteiger partial charge in [-0.15, -0.1) is 0 Å². The molecule has 0 radical (unpaired) electrons. The summed E-state index contributed by atoms with van der Waals surface area (Å²) in [6.45, 7) is 7.23. The molecule has 0 amide bonds. The predicted molar refractivity (Wildman–Crippen MR) is 58.4 cm³/mol. The average Bonchev–Trinajstić information content (AvgIpc) is 2.15. The summed E-state index contributed by atoms with van der Waals surface area (Å²) in [5, 5.41) is 13.6. The van der Waals surface area contributed by atoms with E-state index in [1.54, 1.807) is 6.92 Å². The molecule has 0 spiro atoms. The highest BCUT2D eigenvalue weighted by atomic mass is 16.4. The first-order valence-corrected chi connectivity index (χ1v) is 4.70. The van der Waals surface area contributed by atoms with Crippen LogP contribution in [-0.4, -0.2) is 12.0 Å². The minimum atomic E-state index is -1.16. The summed E-state index contributed by atoms with van der Waals surface area (Å²) in [7, 11) is 0. The van der Waals surface area contributed by atoms with Gasteiger partial charge in [-0.3, -0.25) is 0 Å². The topological polar surface area (TPSA) is 52.2 Å². The second kappa shape index (κ2) is 4.64. The number of benzene rings is 1. The van der Waals surface area contributed by atoms with Crippen LogP contribution in [-0.2, 0) is 4.79 Å². The summed E-state index contributed by atoms with van der Waals surface area (Å²) in [4.78, 5) is 10.8. The monoisotopic (exact) mass is 204 g/mol. The van der Waals surface area contributed by atoms with Gasteiger partial charge in [-0.2, -0.15) is 0 Å². The molecule has 0 aliphatic heterocycles. The lowest BCUT2D eigenvalue weighted by molar-refractivity contribution is -0.305. The maximum absolute atomic E-state index is 10.8. The molecule has 1 aromatic carbocycles. The largest absolute Gasteiger partial charge is 0.548 e. The van der Waals surface area contributed by atoms with E-state index < -0.39 is 12.0 Å². The number of carbonyl (C=O) groups is 1. The number of carbonyl (C=O) groups excluding carboxylic acids is 1. The van der Waals surface area contributed by atoms with E-state index in [4.69, 9.17) is 0 Å². The summed E-state index contributed by atoms with van der Waals surface area (Å²) < 4.78 is 0. The number of rotatable bonds is 4. The van der Waals surface area contributed by atoms with E-state index in [1.807, 2.05) is 31.2 Å². The fraction of sp³-hybridized carbons (Fsp3) is 0.250. The molecule has 1 rings (SSSR count). The molecule has 0 fully saturated rings. The van der Waals surface area contributed by atoms with Crippen LogP contribution >= 0.6 is 0 Å². The zero-order valence-corrected chi connectivity index (χ0v) is 8.91. The van der Waals surface area contributed by atoms with Crippen molar-refractivity contribution in [3.05, 3.63) is 42.0 Å². The van der Waals surface area contributed by atoms with Gasteiger partial charge in [0.05, 0.1) is 12.0 Å². The molecule has 0 bridgehead atoms. The van der Waals surface area contributed by atoms with E-state index in [0.29, 0.717) is 5.57 Å². The molecule has 0 aromatic heterocycles. The summed E-state index contributed by atoms with van der Waals surface area (Å²) >= 11 is 0. The molecule has 80 valence electrons. The first-order chi connectivity index (χ1) is 7.00. The summed E-state index contributed by atoms with van der Waals surface area (Å²) in [6.07, 6.45) is 0. The van der Waals surface area contributed by atoms with Gasteiger partial charge in [0, 0.05) is 5.69 Å². The SMILES string of the molecule is C=C(C)C(Nc1ccc(C)cc1)C(=O)[O-]. The van der Waals surface area contributed by atoms with Gasteiger partial charge in [0.15, 0.2) is 0 Å². The van der Waals surface area contributed by atoms with Crippen molar-refractivity contribution in [3.63, 3.8) is 0 Å². The van der Waals surface area contributed by atoms with E-state index in [-0.39, 0.29) is 0 Å². The lowest BCUT2D eigenvalue weighted by Gasteiger charge is -2.21. The van der Waals surface area contributed by atoms with Gasteiger partial charge >= 0.3 is 0 Å². The third-order valence-electron chi connectivity index (χ3n) is 2.09. The van der Waals surface area contributed by atoms with Gasteiger partial charge < -0.3 is 15.2 Å². The first-order valence-electron chi connectivity index (χ1n) is 4.70. The van der Waals surface area contributed by atoms with Gasteiger partial charge in [0.25, 0.3) is 0 Å². The van der Waals surface area contributed by atoms with Crippen LogP contribution < -0.4 is 10.4 Å². The van der Waals surface area contributed by atoms with Gasteiger partial charge in [-0.05, 0) is 26.0 Å². The summed E-state index contributed by atoms with van der Waals surface area (Å²) in [5.74, 6) is -1.16. The molecule has 0 aliphatic rings. The third-order valence-corrected chi connectivity index (χ3v) is 2.09. The lowest BCUT2D eigenvalue weighted by Crippen LogP contribution is -2.41. The van der Waals surface area contributed by atoms with Crippen molar-refractivity contribution in [1.29, 1.82) is 0 Å². The number of aryl methyl sites for hydroxylation is 1. The van der Waals surface area contributed by atoms with Crippen LogP contribution in [0.15, 0.2) is 36.4 Å². The van der Waals surface area contributed by atoms with Crippen LogP contribution in [0.3, 0.4) is 0 Å². The molecular weight excluding hydrogens is 190 g/mol. The van der Waals surface area contributed by atoms with Crippen molar-refractivity contribution in [2.75, 3.05) is 5.32 Å². The van der Waals surface area contributed by atoms with Crippen molar-refractivity contribution in [2.45, 2.75) is 19.9 Å². The van der Waals surface area contributed by atoms with Crippen LogP contribution in [0.25, 0.3) is 0 Å². The average molecular weight is 204 g/mol. The Kier molecular flexibility index (Phi) is 3.50. The molecule has 1 N–H and O–H groups in total. The number of hydrogen-bond donors (Lipinski definition) is 1. The van der Waals surface area contributed by atoms with Crippen molar-refractivity contribution in [3.8, 4) is 0 Å². The number of nitrogens with one attached hydrogen (secondary N) is 1. The number of hydrogen-bond acceptors (Lipinski definition) is 3. The Morgan fingerprint density at radius 3 is 2.33 bits per heavy atom. The Labute approximate surface area is 89.4 Å². The Hall–Kier alpha value is -1.77. The smallest absolute Gasteiger partial charge is 0.0867 e. The van der Waals surface area contributed by atoms with E-state index in [2.05, 4.69) is 11.9 Å². The van der Waals surface area contributed by atoms with E-state index in [0.717, 1.165) is 11.3 Å². The normalized spacial score (nSPS) is 11.9. The number of carboxylic acids is 1. The predicted octanol–water partition coefficient (Wildman–Crippen LogP) is 1.10. The van der Waals surface area contributed by atoms with Crippen LogP contribution in [0.5, 0.6) is 0 Å². The first kappa shape index (κ1) is 11.3. The maximum Gasteiger partial charge on any atom is 0.0867 e. The number of aliphatic carboxylic acids is 1. The second-order valence-corrected chi connectivity index (χ2v) is 3.61. The molecule has 15 heavy (non-hydrogen) atoms. The molecule has 1 aromatic rings. The highest BCUT2D eigenvalue weighted by Gasteiger charge is 2.09. The molecule has 3 heteroatoms. The van der Waals surface area contributed by atoms with Crippen molar-refractivity contribution >= 4 is 11.7 Å². The van der Waals surface area contributed by atoms with Crippen molar-refractivity contribution in [1.82, 2.24) is 0 Å². The highest BCUT2D eigenvalue weighted by Crippen LogP contribution is 2.12. The van der Waals surface area contributed by atoms with Gasteiger partial charge in [-0.1, -0.05) is 29.8 Å². The standard InChI is InChI=1S/C12H15NO2/c1-8(2)11(12(14)15)13-10-6-4-9(3)5-7-10/h4-7,11,13H,1H2,2-3H3,(H,14,15)/p-1. The molecule has 0 saturated heterocycles. The third kappa shape index (κ3) is 3.13. The second-order valence-electron chi connectivity index (χ2n) is 3.61. The maximum atomic E-state index is 10.8. The van der Waals surface area contributed by atoms with Crippen molar-refractivity contribution in [2.24, 2.45) is 0 Å². The van der Waals surface area contributed by atoms with Gasteiger partial charge in [0.2, 0.25) is 0 Å². The Bertz CT molecular complexity index is 354. The van der Waals surface area contributed by atoms with Crippen molar-refractivity contribution < 1.29 is 9.90 Å². The lowest BCUT2D eigenvalue weighted by atomic mass is 10.1. The zero-order chi connectivity index (χ0) is 11.4. The molecule has 3 nitrogen and oxygen atoms in total. The van der Waals surface area contributed by atoms with Gasteiger partial charge in [0.1, 0.15) is 0 Å². The Balaban J connectivity index is 2.79. The molecule has 0 saturated carbocycles. The van der Waals surface area contributed by atoms with Crippen LogP contribution in [0.4, 0.5) is 5.69 Å². The highest BCUT2D eigenvalue weighted by molar-refractivity contribution is 5.79. The van der Waals surface area contributed by atoms with Gasteiger partial charge in [-0.25, -0.2) is 0 Å². The molecular formula is C12H14NO2-. The zero-order valence-electron chi connectivity index (χ0n) is 8.91. The molecule has 0 heterocycles.